The number of benzene rings is 2. The standard InChI is InChI=1S/C22H19N5O3S/c1-15-18(12-13-20(23)24-15)19-14-21(30-16-8-4-2-5-9-16)26-22(25-19)27-31(28,29)17-10-6-3-7-11-17/h2-14H,1H3,(H2,23,24)(H,25,26,27). The van der Waals surface area contributed by atoms with E-state index in [4.69, 9.17) is 10.5 Å². The Hall–Kier alpha value is -3.98. The molecule has 9 heteroatoms. The van der Waals surface area contributed by atoms with Crippen molar-refractivity contribution in [1.29, 1.82) is 0 Å². The molecule has 0 atom stereocenters. The van der Waals surface area contributed by atoms with E-state index in [0.29, 0.717) is 28.5 Å². The fraction of sp³-hybridized carbons (Fsp3) is 0.0455. The first-order valence-corrected chi connectivity index (χ1v) is 10.8. The van der Waals surface area contributed by atoms with Crippen LogP contribution >= 0.6 is 0 Å². The van der Waals surface area contributed by atoms with Gasteiger partial charge in [0.1, 0.15) is 11.6 Å². The monoisotopic (exact) mass is 433 g/mol. The van der Waals surface area contributed by atoms with Crippen LogP contribution in [0.5, 0.6) is 11.6 Å². The van der Waals surface area contributed by atoms with Gasteiger partial charge in [0, 0.05) is 17.3 Å². The fourth-order valence-electron chi connectivity index (χ4n) is 2.90. The number of hydrogen-bond donors (Lipinski definition) is 2. The smallest absolute Gasteiger partial charge is 0.264 e. The van der Waals surface area contributed by atoms with Gasteiger partial charge in [0.15, 0.2) is 0 Å². The molecule has 4 aromatic rings. The van der Waals surface area contributed by atoms with Crippen molar-refractivity contribution in [3.8, 4) is 22.9 Å². The van der Waals surface area contributed by atoms with E-state index in [-0.39, 0.29) is 16.7 Å². The lowest BCUT2D eigenvalue weighted by atomic mass is 10.1. The summed E-state index contributed by atoms with van der Waals surface area (Å²) in [6.45, 7) is 1.79. The molecule has 3 N–H and O–H groups in total. The Bertz CT molecular complexity index is 1310. The number of pyridine rings is 1. The quantitative estimate of drug-likeness (QED) is 0.471. The Morgan fingerprint density at radius 1 is 0.871 bits per heavy atom. The molecule has 0 unspecified atom stereocenters. The molecule has 0 spiro atoms. The Morgan fingerprint density at radius 2 is 1.55 bits per heavy atom. The molecule has 0 saturated heterocycles. The normalized spacial score (nSPS) is 11.1. The van der Waals surface area contributed by atoms with E-state index in [0.717, 1.165) is 0 Å². The maximum absolute atomic E-state index is 12.8. The number of hydrogen-bond acceptors (Lipinski definition) is 7. The van der Waals surface area contributed by atoms with Crippen molar-refractivity contribution in [2.75, 3.05) is 10.5 Å². The van der Waals surface area contributed by atoms with E-state index in [9.17, 15) is 8.42 Å². The van der Waals surface area contributed by atoms with Gasteiger partial charge in [-0.25, -0.2) is 23.1 Å². The average molecular weight is 433 g/mol. The minimum Gasteiger partial charge on any atom is -0.439 e. The number of nitrogens with two attached hydrogens (primary N) is 1. The summed E-state index contributed by atoms with van der Waals surface area (Å²) >= 11 is 0. The Labute approximate surface area is 179 Å². The molecule has 2 aromatic carbocycles. The number of ether oxygens (including phenoxy) is 1. The number of nitrogen functional groups attached to an aromatic ring is 1. The van der Waals surface area contributed by atoms with Crippen molar-refractivity contribution in [3.63, 3.8) is 0 Å². The summed E-state index contributed by atoms with van der Waals surface area (Å²) in [4.78, 5) is 13.0. The van der Waals surface area contributed by atoms with Crippen molar-refractivity contribution in [2.45, 2.75) is 11.8 Å². The number of nitrogens with zero attached hydrogens (tertiary/aromatic N) is 3. The molecule has 2 aromatic heterocycles. The minimum absolute atomic E-state index is 0.0971. The summed E-state index contributed by atoms with van der Waals surface area (Å²) in [7, 11) is -3.88. The molecule has 2 heterocycles. The van der Waals surface area contributed by atoms with Crippen LogP contribution in [-0.4, -0.2) is 23.4 Å². The highest BCUT2D eigenvalue weighted by Gasteiger charge is 2.18. The summed E-state index contributed by atoms with van der Waals surface area (Å²) in [6.07, 6.45) is 0. The van der Waals surface area contributed by atoms with Crippen LogP contribution in [0.3, 0.4) is 0 Å². The molecule has 0 saturated carbocycles. The zero-order valence-electron chi connectivity index (χ0n) is 16.6. The summed E-state index contributed by atoms with van der Waals surface area (Å²) in [6, 6.07) is 22.1. The topological polar surface area (TPSA) is 120 Å². The number of anilines is 2. The predicted octanol–water partition coefficient (Wildman–Crippen LogP) is 4.02. The van der Waals surface area contributed by atoms with Gasteiger partial charge in [0.2, 0.25) is 11.8 Å². The molecule has 8 nitrogen and oxygen atoms in total. The molecule has 0 radical (unpaired) electrons. The van der Waals surface area contributed by atoms with Crippen LogP contribution in [0.4, 0.5) is 11.8 Å². The van der Waals surface area contributed by atoms with Crippen LogP contribution < -0.4 is 15.2 Å². The van der Waals surface area contributed by atoms with Crippen LogP contribution in [-0.2, 0) is 10.0 Å². The Balaban J connectivity index is 1.77. The van der Waals surface area contributed by atoms with Crippen LogP contribution in [0.2, 0.25) is 0 Å². The molecule has 31 heavy (non-hydrogen) atoms. The van der Waals surface area contributed by atoms with Gasteiger partial charge in [-0.3, -0.25) is 0 Å². The summed E-state index contributed by atoms with van der Waals surface area (Å²) < 4.78 is 33.8. The van der Waals surface area contributed by atoms with Gasteiger partial charge in [-0.1, -0.05) is 36.4 Å². The van der Waals surface area contributed by atoms with Gasteiger partial charge < -0.3 is 10.5 Å². The zero-order chi connectivity index (χ0) is 21.8. The second-order valence-electron chi connectivity index (χ2n) is 6.62. The third-order valence-electron chi connectivity index (χ3n) is 4.33. The molecule has 0 bridgehead atoms. The maximum Gasteiger partial charge on any atom is 0.264 e. The van der Waals surface area contributed by atoms with Crippen molar-refractivity contribution in [2.24, 2.45) is 0 Å². The largest absolute Gasteiger partial charge is 0.439 e. The summed E-state index contributed by atoms with van der Waals surface area (Å²) in [5.41, 5.74) is 7.51. The van der Waals surface area contributed by atoms with Crippen molar-refractivity contribution in [1.82, 2.24) is 15.0 Å². The zero-order valence-corrected chi connectivity index (χ0v) is 17.4. The van der Waals surface area contributed by atoms with Gasteiger partial charge in [-0.05, 0) is 43.3 Å². The third kappa shape index (κ3) is 4.78. The number of nitrogens with one attached hydrogen (secondary N) is 1. The van der Waals surface area contributed by atoms with Crippen LogP contribution in [0.25, 0.3) is 11.3 Å². The first kappa shape index (κ1) is 20.3. The van der Waals surface area contributed by atoms with E-state index in [1.54, 1.807) is 55.5 Å². The highest BCUT2D eigenvalue weighted by Crippen LogP contribution is 2.28. The third-order valence-corrected chi connectivity index (χ3v) is 5.67. The fourth-order valence-corrected chi connectivity index (χ4v) is 3.87. The molecule has 0 fully saturated rings. The van der Waals surface area contributed by atoms with E-state index < -0.39 is 10.0 Å². The molecule has 0 aliphatic rings. The second kappa shape index (κ2) is 8.41. The number of aromatic nitrogens is 3. The van der Waals surface area contributed by atoms with Crippen LogP contribution in [0.15, 0.2) is 83.8 Å². The molecular weight excluding hydrogens is 414 g/mol. The second-order valence-corrected chi connectivity index (χ2v) is 8.30. The van der Waals surface area contributed by atoms with Crippen molar-refractivity contribution < 1.29 is 13.2 Å². The lowest BCUT2D eigenvalue weighted by molar-refractivity contribution is 0.463. The lowest BCUT2D eigenvalue weighted by Gasteiger charge is -2.12. The predicted molar refractivity (Wildman–Crippen MR) is 118 cm³/mol. The maximum atomic E-state index is 12.8. The van der Waals surface area contributed by atoms with Crippen LogP contribution in [0.1, 0.15) is 5.69 Å². The van der Waals surface area contributed by atoms with E-state index in [1.165, 1.54) is 12.1 Å². The summed E-state index contributed by atoms with van der Waals surface area (Å²) in [5.74, 6) is 0.985. The van der Waals surface area contributed by atoms with Gasteiger partial charge in [0.25, 0.3) is 10.0 Å². The van der Waals surface area contributed by atoms with E-state index >= 15 is 0 Å². The number of rotatable bonds is 6. The number of para-hydroxylation sites is 1. The first-order valence-electron chi connectivity index (χ1n) is 9.34. The van der Waals surface area contributed by atoms with Gasteiger partial charge >= 0.3 is 0 Å². The van der Waals surface area contributed by atoms with Gasteiger partial charge in [-0.15, -0.1) is 0 Å². The molecule has 4 rings (SSSR count). The van der Waals surface area contributed by atoms with Gasteiger partial charge in [-0.2, -0.15) is 4.98 Å². The number of aryl methyl sites for hydroxylation is 1. The van der Waals surface area contributed by atoms with Crippen molar-refractivity contribution in [3.05, 3.63) is 84.6 Å². The van der Waals surface area contributed by atoms with E-state index in [2.05, 4.69) is 19.7 Å². The SMILES string of the molecule is Cc1nc(N)ccc1-c1cc(Oc2ccccc2)nc(NS(=O)(=O)c2ccccc2)n1. The molecular formula is C22H19N5O3S. The van der Waals surface area contributed by atoms with E-state index in [1.807, 2.05) is 18.2 Å². The lowest BCUT2D eigenvalue weighted by Crippen LogP contribution is -2.15. The molecule has 0 amide bonds. The molecule has 0 aliphatic carbocycles. The minimum atomic E-state index is -3.88. The van der Waals surface area contributed by atoms with Gasteiger partial charge in [0.05, 0.1) is 10.6 Å². The number of sulfonamides is 1. The summed E-state index contributed by atoms with van der Waals surface area (Å²) in [5, 5.41) is 0. The Kier molecular flexibility index (Phi) is 5.50. The Morgan fingerprint density at radius 3 is 2.23 bits per heavy atom. The first-order chi connectivity index (χ1) is 14.9. The highest BCUT2D eigenvalue weighted by molar-refractivity contribution is 7.92. The van der Waals surface area contributed by atoms with Crippen LogP contribution in [0, 0.1) is 6.92 Å². The average Bonchev–Trinajstić information content (AvgIpc) is 2.74. The molecule has 0 aliphatic heterocycles. The van der Waals surface area contributed by atoms with Crippen molar-refractivity contribution >= 4 is 21.8 Å². The molecule has 156 valence electrons. The highest BCUT2D eigenvalue weighted by atomic mass is 32.2.